The Hall–Kier alpha value is -2.86. The predicted molar refractivity (Wildman–Crippen MR) is 91.7 cm³/mol. The number of aliphatic carboxylic acids is 1. The number of aldehydes is 1. The molecule has 0 aromatic heterocycles. The SMILES string of the molecule is C=C/C=C(\C=C)Nc1cccc(OCC=O)c1.CNCC(=O)O. The summed E-state index contributed by atoms with van der Waals surface area (Å²) >= 11 is 0. The number of carboxylic acids is 1. The maximum Gasteiger partial charge on any atom is 0.317 e. The first kappa shape index (κ1) is 20.1. The van der Waals surface area contributed by atoms with Crippen LogP contribution in [0.15, 0.2) is 61.3 Å². The van der Waals surface area contributed by atoms with Gasteiger partial charge in [-0.1, -0.05) is 25.3 Å². The van der Waals surface area contributed by atoms with Crippen LogP contribution in [0.1, 0.15) is 0 Å². The monoisotopic (exact) mass is 318 g/mol. The molecular weight excluding hydrogens is 296 g/mol. The quantitative estimate of drug-likeness (QED) is 0.478. The molecule has 1 rings (SSSR count). The molecule has 6 nitrogen and oxygen atoms in total. The van der Waals surface area contributed by atoms with Gasteiger partial charge in [-0.15, -0.1) is 0 Å². The second kappa shape index (κ2) is 12.8. The van der Waals surface area contributed by atoms with Crippen LogP contribution in [0.4, 0.5) is 5.69 Å². The molecule has 0 atom stereocenters. The number of carbonyl (C=O) groups excluding carboxylic acids is 1. The van der Waals surface area contributed by atoms with Crippen LogP contribution in [0, 0.1) is 0 Å². The van der Waals surface area contributed by atoms with Crippen molar-refractivity contribution in [3.63, 3.8) is 0 Å². The number of carbonyl (C=O) groups is 2. The normalized spacial score (nSPS) is 9.87. The Labute approximate surface area is 136 Å². The Balaban J connectivity index is 0.000000688. The Morgan fingerprint density at radius 3 is 2.61 bits per heavy atom. The lowest BCUT2D eigenvalue weighted by atomic mass is 10.2. The maximum atomic E-state index is 10.2. The fraction of sp³-hybridized carbons (Fsp3) is 0.176. The van der Waals surface area contributed by atoms with E-state index in [2.05, 4.69) is 23.8 Å². The fourth-order valence-electron chi connectivity index (χ4n) is 1.40. The van der Waals surface area contributed by atoms with Crippen molar-refractivity contribution in [1.29, 1.82) is 0 Å². The number of benzene rings is 1. The van der Waals surface area contributed by atoms with E-state index in [9.17, 15) is 9.59 Å². The smallest absolute Gasteiger partial charge is 0.317 e. The third-order valence-electron chi connectivity index (χ3n) is 2.29. The van der Waals surface area contributed by atoms with Crippen molar-refractivity contribution in [3.05, 3.63) is 61.3 Å². The molecule has 6 heteroatoms. The fourth-order valence-corrected chi connectivity index (χ4v) is 1.40. The molecule has 1 aromatic rings. The van der Waals surface area contributed by atoms with Gasteiger partial charge in [-0.2, -0.15) is 0 Å². The van der Waals surface area contributed by atoms with Gasteiger partial charge in [0.2, 0.25) is 0 Å². The average Bonchev–Trinajstić information content (AvgIpc) is 2.53. The van der Waals surface area contributed by atoms with Crippen LogP contribution in [-0.2, 0) is 9.59 Å². The first-order valence-electron chi connectivity index (χ1n) is 6.82. The van der Waals surface area contributed by atoms with E-state index in [-0.39, 0.29) is 13.2 Å². The van der Waals surface area contributed by atoms with E-state index >= 15 is 0 Å². The first-order chi connectivity index (χ1) is 11.1. The molecule has 0 spiro atoms. The number of carboxylic acid groups (broad SMARTS) is 1. The largest absolute Gasteiger partial charge is 0.486 e. The van der Waals surface area contributed by atoms with E-state index in [0.29, 0.717) is 12.0 Å². The van der Waals surface area contributed by atoms with Gasteiger partial charge in [0.15, 0.2) is 6.29 Å². The minimum absolute atomic E-state index is 0.0417. The number of rotatable bonds is 9. The average molecular weight is 318 g/mol. The maximum absolute atomic E-state index is 10.2. The van der Waals surface area contributed by atoms with Crippen LogP contribution in [-0.4, -0.2) is 37.6 Å². The summed E-state index contributed by atoms with van der Waals surface area (Å²) in [5, 5.41) is 13.5. The Bertz CT molecular complexity index is 553. The van der Waals surface area contributed by atoms with E-state index < -0.39 is 5.97 Å². The molecule has 0 radical (unpaired) electrons. The van der Waals surface area contributed by atoms with Crippen LogP contribution in [0.2, 0.25) is 0 Å². The molecule has 0 amide bonds. The molecule has 0 aliphatic rings. The lowest BCUT2D eigenvalue weighted by Crippen LogP contribution is -2.16. The third-order valence-corrected chi connectivity index (χ3v) is 2.29. The van der Waals surface area contributed by atoms with Gasteiger partial charge in [-0.25, -0.2) is 0 Å². The van der Waals surface area contributed by atoms with Crippen molar-refractivity contribution in [2.75, 3.05) is 25.5 Å². The van der Waals surface area contributed by atoms with Gasteiger partial charge in [-0.3, -0.25) is 9.59 Å². The highest BCUT2D eigenvalue weighted by molar-refractivity contribution is 5.68. The number of likely N-dealkylation sites (N-methyl/N-ethyl adjacent to an activating group) is 1. The van der Waals surface area contributed by atoms with Crippen molar-refractivity contribution in [1.82, 2.24) is 5.32 Å². The summed E-state index contributed by atoms with van der Waals surface area (Å²) in [7, 11) is 1.59. The summed E-state index contributed by atoms with van der Waals surface area (Å²) in [5.74, 6) is -0.179. The first-order valence-corrected chi connectivity index (χ1v) is 6.82. The Kier molecular flexibility index (Phi) is 11.3. The molecule has 0 bridgehead atoms. The highest BCUT2D eigenvalue weighted by Crippen LogP contribution is 2.18. The number of allylic oxidation sites excluding steroid dienone is 3. The number of hydrogen-bond donors (Lipinski definition) is 3. The second-order valence-corrected chi connectivity index (χ2v) is 4.12. The summed E-state index contributed by atoms with van der Waals surface area (Å²) < 4.78 is 5.20. The Morgan fingerprint density at radius 2 is 2.13 bits per heavy atom. The van der Waals surface area contributed by atoms with Crippen molar-refractivity contribution >= 4 is 17.9 Å². The minimum atomic E-state index is -0.822. The second-order valence-electron chi connectivity index (χ2n) is 4.12. The summed E-state index contributed by atoms with van der Waals surface area (Å²) in [6, 6.07) is 7.34. The number of hydrogen-bond acceptors (Lipinski definition) is 5. The van der Waals surface area contributed by atoms with Crippen molar-refractivity contribution < 1.29 is 19.4 Å². The van der Waals surface area contributed by atoms with Gasteiger partial charge in [-0.05, 0) is 31.3 Å². The summed E-state index contributed by atoms with van der Waals surface area (Å²) in [6.07, 6.45) is 5.90. The molecule has 23 heavy (non-hydrogen) atoms. The summed E-state index contributed by atoms with van der Waals surface area (Å²) in [5.41, 5.74) is 1.70. The topological polar surface area (TPSA) is 87.7 Å². The molecule has 1 aromatic carbocycles. The van der Waals surface area contributed by atoms with E-state index in [1.54, 1.807) is 25.3 Å². The number of anilines is 1. The van der Waals surface area contributed by atoms with E-state index in [4.69, 9.17) is 9.84 Å². The van der Waals surface area contributed by atoms with Gasteiger partial charge in [0.05, 0.1) is 6.54 Å². The van der Waals surface area contributed by atoms with Gasteiger partial charge < -0.3 is 20.5 Å². The van der Waals surface area contributed by atoms with Gasteiger partial charge in [0, 0.05) is 17.5 Å². The van der Waals surface area contributed by atoms with Crippen molar-refractivity contribution in [2.45, 2.75) is 0 Å². The van der Waals surface area contributed by atoms with Gasteiger partial charge in [0.1, 0.15) is 12.4 Å². The van der Waals surface area contributed by atoms with Gasteiger partial charge >= 0.3 is 5.97 Å². The van der Waals surface area contributed by atoms with Crippen molar-refractivity contribution in [3.8, 4) is 5.75 Å². The zero-order valence-corrected chi connectivity index (χ0v) is 13.1. The standard InChI is InChI=1S/C14H15NO2.C3H7NO2/c1-3-6-12(4-2)15-13-7-5-8-14(11-13)17-10-9-16;1-4-2-3(5)6/h3-9,11,15H,1-2,10H2;4H,2H2,1H3,(H,5,6)/b12-6+;. The van der Waals surface area contributed by atoms with E-state index in [0.717, 1.165) is 11.4 Å². The van der Waals surface area contributed by atoms with Crippen LogP contribution in [0.5, 0.6) is 5.75 Å². The summed E-state index contributed by atoms with van der Waals surface area (Å²) in [6.45, 7) is 7.41. The molecule has 0 aliphatic heterocycles. The Morgan fingerprint density at radius 1 is 1.39 bits per heavy atom. The predicted octanol–water partition coefficient (Wildman–Crippen LogP) is 2.22. The molecule has 0 saturated heterocycles. The highest BCUT2D eigenvalue weighted by Gasteiger charge is 1.97. The molecule has 3 N–H and O–H groups in total. The lowest BCUT2D eigenvalue weighted by Gasteiger charge is -2.08. The molecular formula is C17H22N2O4. The van der Waals surface area contributed by atoms with Gasteiger partial charge in [0.25, 0.3) is 0 Å². The molecule has 0 aliphatic carbocycles. The lowest BCUT2D eigenvalue weighted by molar-refractivity contribution is -0.135. The minimum Gasteiger partial charge on any atom is -0.486 e. The molecule has 0 saturated carbocycles. The van der Waals surface area contributed by atoms with Crippen molar-refractivity contribution in [2.24, 2.45) is 0 Å². The third kappa shape index (κ3) is 10.5. The van der Waals surface area contributed by atoms with Crippen LogP contribution in [0.3, 0.4) is 0 Å². The summed E-state index contributed by atoms with van der Waals surface area (Å²) in [4.78, 5) is 19.7. The number of ether oxygens (including phenoxy) is 1. The number of nitrogens with one attached hydrogen (secondary N) is 2. The zero-order chi connectivity index (χ0) is 17.5. The van der Waals surface area contributed by atoms with Crippen LogP contribution in [0.25, 0.3) is 0 Å². The molecule has 124 valence electrons. The molecule has 0 fully saturated rings. The van der Waals surface area contributed by atoms with E-state index in [1.165, 1.54) is 0 Å². The highest BCUT2D eigenvalue weighted by atomic mass is 16.5. The van der Waals surface area contributed by atoms with Crippen LogP contribution >= 0.6 is 0 Å². The van der Waals surface area contributed by atoms with E-state index in [1.807, 2.05) is 24.3 Å². The zero-order valence-electron chi connectivity index (χ0n) is 13.1. The van der Waals surface area contributed by atoms with Crippen LogP contribution < -0.4 is 15.4 Å². The molecule has 0 unspecified atom stereocenters. The molecule has 0 heterocycles.